The van der Waals surface area contributed by atoms with Crippen molar-refractivity contribution in [2.75, 3.05) is 12.5 Å². The summed E-state index contributed by atoms with van der Waals surface area (Å²) in [5.41, 5.74) is 3.01. The van der Waals surface area contributed by atoms with Crippen LogP contribution in [0.1, 0.15) is 19.2 Å². The van der Waals surface area contributed by atoms with E-state index >= 15 is 0 Å². The summed E-state index contributed by atoms with van der Waals surface area (Å²) in [4.78, 5) is 4.18. The Bertz CT molecular complexity index is 192. The van der Waals surface area contributed by atoms with Crippen molar-refractivity contribution < 1.29 is 0 Å². The molecule has 3 heteroatoms. The molecule has 0 saturated heterocycles. The summed E-state index contributed by atoms with van der Waals surface area (Å²) < 4.78 is 1.93. The molecule has 0 saturated carbocycles. The van der Waals surface area contributed by atoms with E-state index in [1.807, 2.05) is 24.1 Å². The van der Waals surface area contributed by atoms with E-state index in [-0.39, 0.29) is 0 Å². The maximum atomic E-state index is 4.18. The number of hydrogen-bond donors (Lipinski definition) is 1. The normalized spacial score (nSPS) is 9.80. The van der Waals surface area contributed by atoms with Gasteiger partial charge in [0, 0.05) is 25.9 Å². The number of nitrogens with zero attached hydrogens (tertiary/aromatic N) is 2. The van der Waals surface area contributed by atoms with Gasteiger partial charge in [-0.2, -0.15) is 0 Å². The van der Waals surface area contributed by atoms with E-state index < -0.39 is 0 Å². The quantitative estimate of drug-likeness (QED) is 0.677. The van der Waals surface area contributed by atoms with Crippen LogP contribution in [-0.2, 0) is 6.42 Å². The number of rotatable bonds is 3. The minimum atomic E-state index is 1.04. The molecule has 0 bridgehead atoms. The Kier molecular flexibility index (Phi) is 2.31. The van der Waals surface area contributed by atoms with Gasteiger partial charge in [-0.25, -0.2) is 4.98 Å². The lowest BCUT2D eigenvalue weighted by molar-refractivity contribution is 0.767. The molecule has 1 aromatic rings. The fraction of sp³-hybridized carbons (Fsp3) is 0.571. The third kappa shape index (κ3) is 1.29. The van der Waals surface area contributed by atoms with Crippen LogP contribution in [0.4, 0.5) is 0 Å². The molecule has 0 fully saturated rings. The SMILES string of the molecule is CCCc1nccn1NC. The van der Waals surface area contributed by atoms with Crippen LogP contribution in [-0.4, -0.2) is 16.7 Å². The lowest BCUT2D eigenvalue weighted by Gasteiger charge is -2.03. The van der Waals surface area contributed by atoms with Gasteiger partial charge < -0.3 is 5.43 Å². The molecule has 0 atom stereocenters. The van der Waals surface area contributed by atoms with Gasteiger partial charge in [-0.15, -0.1) is 0 Å². The fourth-order valence-electron chi connectivity index (χ4n) is 0.946. The Hall–Kier alpha value is -0.990. The van der Waals surface area contributed by atoms with E-state index in [1.165, 1.54) is 0 Å². The molecule has 0 spiro atoms. The molecular weight excluding hydrogens is 126 g/mol. The van der Waals surface area contributed by atoms with Gasteiger partial charge in [0.1, 0.15) is 5.82 Å². The van der Waals surface area contributed by atoms with E-state index in [2.05, 4.69) is 17.3 Å². The van der Waals surface area contributed by atoms with Crippen LogP contribution >= 0.6 is 0 Å². The van der Waals surface area contributed by atoms with Gasteiger partial charge in [0.2, 0.25) is 0 Å². The Morgan fingerprint density at radius 1 is 1.70 bits per heavy atom. The van der Waals surface area contributed by atoms with Crippen molar-refractivity contribution in [3.63, 3.8) is 0 Å². The first-order valence-corrected chi connectivity index (χ1v) is 3.58. The molecule has 1 heterocycles. The average Bonchev–Trinajstić information content (AvgIpc) is 2.36. The van der Waals surface area contributed by atoms with E-state index in [9.17, 15) is 0 Å². The third-order valence-electron chi connectivity index (χ3n) is 1.43. The van der Waals surface area contributed by atoms with E-state index in [0.717, 1.165) is 18.7 Å². The maximum Gasteiger partial charge on any atom is 0.127 e. The molecule has 0 radical (unpaired) electrons. The van der Waals surface area contributed by atoms with Gasteiger partial charge in [-0.3, -0.25) is 4.68 Å². The first kappa shape index (κ1) is 7.12. The molecule has 56 valence electrons. The predicted octanol–water partition coefficient (Wildman–Crippen LogP) is 1.01. The average molecular weight is 139 g/mol. The Labute approximate surface area is 61.0 Å². The summed E-state index contributed by atoms with van der Waals surface area (Å²) in [6, 6.07) is 0. The van der Waals surface area contributed by atoms with Crippen molar-refractivity contribution in [2.45, 2.75) is 19.8 Å². The molecule has 1 rings (SSSR count). The maximum absolute atomic E-state index is 4.18. The Morgan fingerprint density at radius 2 is 2.50 bits per heavy atom. The number of hydrogen-bond acceptors (Lipinski definition) is 2. The summed E-state index contributed by atoms with van der Waals surface area (Å²) in [5, 5.41) is 0. The number of aryl methyl sites for hydroxylation is 1. The molecule has 1 aromatic heterocycles. The minimum Gasteiger partial charge on any atom is -0.328 e. The molecular formula is C7H13N3. The molecule has 0 aliphatic carbocycles. The van der Waals surface area contributed by atoms with Crippen LogP contribution in [0.25, 0.3) is 0 Å². The molecule has 0 unspecified atom stereocenters. The minimum absolute atomic E-state index is 1.04. The van der Waals surface area contributed by atoms with Crippen LogP contribution in [0.2, 0.25) is 0 Å². The number of aromatic nitrogens is 2. The largest absolute Gasteiger partial charge is 0.328 e. The van der Waals surface area contributed by atoms with Gasteiger partial charge >= 0.3 is 0 Å². The van der Waals surface area contributed by atoms with E-state index in [1.54, 1.807) is 0 Å². The van der Waals surface area contributed by atoms with Crippen molar-refractivity contribution in [2.24, 2.45) is 0 Å². The van der Waals surface area contributed by atoms with Gasteiger partial charge in [0.15, 0.2) is 0 Å². The highest BCUT2D eigenvalue weighted by Gasteiger charge is 1.96. The van der Waals surface area contributed by atoms with Gasteiger partial charge in [0.25, 0.3) is 0 Å². The summed E-state index contributed by atoms with van der Waals surface area (Å²) >= 11 is 0. The first-order chi connectivity index (χ1) is 4.88. The summed E-state index contributed by atoms with van der Waals surface area (Å²) in [5.74, 6) is 1.10. The zero-order chi connectivity index (χ0) is 7.40. The highest BCUT2D eigenvalue weighted by molar-refractivity contribution is 4.94. The van der Waals surface area contributed by atoms with Crippen LogP contribution in [0, 0.1) is 0 Å². The van der Waals surface area contributed by atoms with Crippen LogP contribution in [0.3, 0.4) is 0 Å². The number of imidazole rings is 1. The predicted molar refractivity (Wildman–Crippen MR) is 41.5 cm³/mol. The fourth-order valence-corrected chi connectivity index (χ4v) is 0.946. The molecule has 0 aromatic carbocycles. The third-order valence-corrected chi connectivity index (χ3v) is 1.43. The Balaban J connectivity index is 2.70. The number of nitrogens with one attached hydrogen (secondary N) is 1. The lowest BCUT2D eigenvalue weighted by Crippen LogP contribution is -2.11. The first-order valence-electron chi connectivity index (χ1n) is 3.58. The zero-order valence-corrected chi connectivity index (χ0v) is 6.46. The van der Waals surface area contributed by atoms with E-state index in [4.69, 9.17) is 0 Å². The van der Waals surface area contributed by atoms with Gasteiger partial charge in [-0.05, 0) is 6.42 Å². The van der Waals surface area contributed by atoms with Crippen molar-refractivity contribution in [3.8, 4) is 0 Å². The highest BCUT2D eigenvalue weighted by atomic mass is 15.4. The van der Waals surface area contributed by atoms with Crippen molar-refractivity contribution >= 4 is 0 Å². The van der Waals surface area contributed by atoms with Crippen LogP contribution < -0.4 is 5.43 Å². The van der Waals surface area contributed by atoms with Gasteiger partial charge in [-0.1, -0.05) is 6.92 Å². The zero-order valence-electron chi connectivity index (χ0n) is 6.46. The summed E-state index contributed by atoms with van der Waals surface area (Å²) in [6.07, 6.45) is 5.90. The van der Waals surface area contributed by atoms with Crippen molar-refractivity contribution in [1.82, 2.24) is 9.66 Å². The monoisotopic (exact) mass is 139 g/mol. The second kappa shape index (κ2) is 3.25. The summed E-state index contributed by atoms with van der Waals surface area (Å²) in [6.45, 7) is 2.15. The van der Waals surface area contributed by atoms with Crippen LogP contribution in [0.15, 0.2) is 12.4 Å². The second-order valence-corrected chi connectivity index (χ2v) is 2.19. The molecule has 1 N–H and O–H groups in total. The molecule has 0 amide bonds. The smallest absolute Gasteiger partial charge is 0.127 e. The molecule has 0 aliphatic rings. The van der Waals surface area contributed by atoms with Gasteiger partial charge in [0.05, 0.1) is 0 Å². The standard InChI is InChI=1S/C7H13N3/c1-3-4-7-9-5-6-10(7)8-2/h5-6,8H,3-4H2,1-2H3. The Morgan fingerprint density at radius 3 is 3.10 bits per heavy atom. The molecule has 0 aliphatic heterocycles. The van der Waals surface area contributed by atoms with Crippen LogP contribution in [0.5, 0.6) is 0 Å². The summed E-state index contributed by atoms with van der Waals surface area (Å²) in [7, 11) is 1.89. The highest BCUT2D eigenvalue weighted by Crippen LogP contribution is 1.97. The topological polar surface area (TPSA) is 29.9 Å². The molecule has 10 heavy (non-hydrogen) atoms. The second-order valence-electron chi connectivity index (χ2n) is 2.19. The van der Waals surface area contributed by atoms with Crippen molar-refractivity contribution in [1.29, 1.82) is 0 Å². The van der Waals surface area contributed by atoms with Crippen molar-refractivity contribution in [3.05, 3.63) is 18.2 Å². The lowest BCUT2D eigenvalue weighted by atomic mass is 10.3. The van der Waals surface area contributed by atoms with E-state index in [0.29, 0.717) is 0 Å². The molecule has 3 nitrogen and oxygen atoms in total.